The Bertz CT molecular complexity index is 1210. The molecular weight excluding hydrogens is 392 g/mol. The lowest BCUT2D eigenvalue weighted by Gasteiger charge is -2.26. The summed E-state index contributed by atoms with van der Waals surface area (Å²) in [5, 5.41) is 7.47. The molecule has 0 bridgehead atoms. The Hall–Kier alpha value is -3.68. The number of aryl methyl sites for hydroxylation is 1. The average molecular weight is 416 g/mol. The van der Waals surface area contributed by atoms with E-state index in [-0.39, 0.29) is 24.2 Å². The predicted octanol–water partition coefficient (Wildman–Crippen LogP) is 1.75. The molecule has 31 heavy (non-hydrogen) atoms. The number of fused-ring (bicyclic) bond motifs is 6. The lowest BCUT2D eigenvalue weighted by atomic mass is 10.1. The zero-order chi connectivity index (χ0) is 21.4. The number of anilines is 1. The second kappa shape index (κ2) is 7.86. The van der Waals surface area contributed by atoms with E-state index in [4.69, 9.17) is 0 Å². The van der Waals surface area contributed by atoms with Crippen molar-refractivity contribution >= 4 is 17.7 Å². The van der Waals surface area contributed by atoms with E-state index in [0.29, 0.717) is 19.0 Å². The molecule has 1 aromatic heterocycles. The highest BCUT2D eigenvalue weighted by Crippen LogP contribution is 2.29. The van der Waals surface area contributed by atoms with Crippen LogP contribution in [0.5, 0.6) is 0 Å². The number of aliphatic imine (C=N–C) groups is 1. The maximum absolute atomic E-state index is 13.1. The van der Waals surface area contributed by atoms with Crippen molar-refractivity contribution in [2.45, 2.75) is 32.4 Å². The standard InChI is InChI=1S/C23H24N6O2/c1-16(11-12-17-7-3-2-4-8-17)25-20(30)15-28-23(31)29-19-10-6-5-9-18(19)21-24-13-14-27(21)22(29)26-28/h2-10,16H,11-15H2,1H3,(H,25,30). The molecule has 8 heteroatoms. The van der Waals surface area contributed by atoms with Crippen LogP contribution >= 0.6 is 0 Å². The molecule has 1 N–H and O–H groups in total. The zero-order valence-electron chi connectivity index (χ0n) is 17.4. The van der Waals surface area contributed by atoms with Gasteiger partial charge in [0.2, 0.25) is 11.9 Å². The van der Waals surface area contributed by atoms with Gasteiger partial charge in [-0.3, -0.25) is 14.7 Å². The van der Waals surface area contributed by atoms with Crippen molar-refractivity contribution in [2.24, 2.45) is 4.99 Å². The minimum Gasteiger partial charge on any atom is -0.352 e. The monoisotopic (exact) mass is 416 g/mol. The van der Waals surface area contributed by atoms with Crippen LogP contribution in [0, 0.1) is 0 Å². The molecule has 3 heterocycles. The Labute approximate surface area is 179 Å². The summed E-state index contributed by atoms with van der Waals surface area (Å²) in [5.41, 5.74) is 2.58. The third-order valence-corrected chi connectivity index (χ3v) is 5.70. The van der Waals surface area contributed by atoms with Gasteiger partial charge in [-0.2, -0.15) is 0 Å². The molecule has 5 rings (SSSR count). The van der Waals surface area contributed by atoms with Crippen LogP contribution in [0.15, 0.2) is 64.4 Å². The number of para-hydroxylation sites is 1. The molecule has 0 spiro atoms. The van der Waals surface area contributed by atoms with Crippen molar-refractivity contribution in [2.75, 3.05) is 18.0 Å². The van der Waals surface area contributed by atoms with Crippen LogP contribution in [0.25, 0.3) is 5.69 Å². The fourth-order valence-corrected chi connectivity index (χ4v) is 4.17. The van der Waals surface area contributed by atoms with Crippen molar-refractivity contribution in [1.82, 2.24) is 19.7 Å². The zero-order valence-corrected chi connectivity index (χ0v) is 17.4. The minimum absolute atomic E-state index is 0.00121. The second-order valence-electron chi connectivity index (χ2n) is 7.94. The first-order valence-electron chi connectivity index (χ1n) is 10.6. The van der Waals surface area contributed by atoms with Crippen LogP contribution in [0.3, 0.4) is 0 Å². The molecule has 158 valence electrons. The molecule has 0 radical (unpaired) electrons. The topological polar surface area (TPSA) is 84.5 Å². The summed E-state index contributed by atoms with van der Waals surface area (Å²) < 4.78 is 2.82. The van der Waals surface area contributed by atoms with Gasteiger partial charge in [0.05, 0.1) is 12.2 Å². The molecule has 2 aromatic carbocycles. The van der Waals surface area contributed by atoms with Gasteiger partial charge in [-0.15, -0.1) is 5.10 Å². The predicted molar refractivity (Wildman–Crippen MR) is 119 cm³/mol. The van der Waals surface area contributed by atoms with Gasteiger partial charge in [-0.05, 0) is 37.5 Å². The highest BCUT2D eigenvalue weighted by atomic mass is 16.2. The third-order valence-electron chi connectivity index (χ3n) is 5.70. The number of amidine groups is 1. The average Bonchev–Trinajstić information content (AvgIpc) is 3.39. The SMILES string of the molecule is CC(CCc1ccccc1)NC(=O)Cn1nc2n(c1=O)-c1ccccc1C1=NCCN12. The Morgan fingerprint density at radius 1 is 1.13 bits per heavy atom. The molecule has 0 saturated carbocycles. The number of hydrogen-bond acceptors (Lipinski definition) is 5. The summed E-state index contributed by atoms with van der Waals surface area (Å²) in [4.78, 5) is 32.3. The molecule has 1 amide bonds. The fraction of sp³-hybridized carbons (Fsp3) is 0.304. The molecule has 1 atom stereocenters. The third kappa shape index (κ3) is 3.54. The molecule has 0 aliphatic carbocycles. The second-order valence-corrected chi connectivity index (χ2v) is 7.94. The van der Waals surface area contributed by atoms with Crippen LogP contribution in [0.1, 0.15) is 24.5 Å². The highest BCUT2D eigenvalue weighted by molar-refractivity contribution is 6.14. The molecule has 2 aliphatic heterocycles. The van der Waals surface area contributed by atoms with Crippen LogP contribution in [0.4, 0.5) is 5.95 Å². The van der Waals surface area contributed by atoms with Gasteiger partial charge < -0.3 is 5.32 Å². The minimum atomic E-state index is -0.319. The Balaban J connectivity index is 1.32. The quantitative estimate of drug-likeness (QED) is 0.664. The summed E-state index contributed by atoms with van der Waals surface area (Å²) in [7, 11) is 0. The first-order valence-corrected chi connectivity index (χ1v) is 10.6. The summed E-state index contributed by atoms with van der Waals surface area (Å²) in [6, 6.07) is 17.8. The molecule has 2 aliphatic rings. The number of nitrogens with one attached hydrogen (secondary N) is 1. The number of aromatic nitrogens is 3. The van der Waals surface area contributed by atoms with Gasteiger partial charge in [0, 0.05) is 18.2 Å². The maximum atomic E-state index is 13.1. The number of nitrogens with zero attached hydrogens (tertiary/aromatic N) is 5. The summed E-state index contributed by atoms with van der Waals surface area (Å²) in [5.74, 6) is 1.13. The first-order chi connectivity index (χ1) is 15.1. The molecule has 3 aromatic rings. The summed E-state index contributed by atoms with van der Waals surface area (Å²) in [6.45, 7) is 3.19. The van der Waals surface area contributed by atoms with E-state index >= 15 is 0 Å². The number of rotatable bonds is 6. The number of carbonyl (C=O) groups excluding carboxylic acids is 1. The van der Waals surface area contributed by atoms with Gasteiger partial charge in [0.15, 0.2) is 0 Å². The Morgan fingerprint density at radius 3 is 2.74 bits per heavy atom. The number of hydrogen-bond donors (Lipinski definition) is 1. The lowest BCUT2D eigenvalue weighted by molar-refractivity contribution is -0.122. The molecule has 8 nitrogen and oxygen atoms in total. The van der Waals surface area contributed by atoms with Crippen molar-refractivity contribution in [3.63, 3.8) is 0 Å². The van der Waals surface area contributed by atoms with Gasteiger partial charge in [-0.25, -0.2) is 14.0 Å². The van der Waals surface area contributed by atoms with Crippen LogP contribution in [-0.2, 0) is 17.8 Å². The van der Waals surface area contributed by atoms with E-state index in [0.717, 1.165) is 29.9 Å². The smallest absolute Gasteiger partial charge is 0.352 e. The van der Waals surface area contributed by atoms with Crippen LogP contribution < -0.4 is 15.9 Å². The van der Waals surface area contributed by atoms with Crippen molar-refractivity contribution in [3.05, 3.63) is 76.2 Å². The number of carbonyl (C=O) groups is 1. The van der Waals surface area contributed by atoms with Gasteiger partial charge in [-0.1, -0.05) is 42.5 Å². The summed E-state index contributed by atoms with van der Waals surface area (Å²) in [6.07, 6.45) is 1.71. The van der Waals surface area contributed by atoms with Crippen LogP contribution in [-0.4, -0.2) is 45.2 Å². The van der Waals surface area contributed by atoms with E-state index in [9.17, 15) is 9.59 Å². The Kier molecular flexibility index (Phi) is 4.89. The number of amides is 1. The van der Waals surface area contributed by atoms with Gasteiger partial charge in [0.1, 0.15) is 12.4 Å². The first kappa shape index (κ1) is 19.3. The van der Waals surface area contributed by atoms with E-state index in [1.54, 1.807) is 4.57 Å². The van der Waals surface area contributed by atoms with Crippen molar-refractivity contribution in [1.29, 1.82) is 0 Å². The van der Waals surface area contributed by atoms with E-state index in [2.05, 4.69) is 27.5 Å². The normalized spacial score (nSPS) is 15.0. The molecule has 0 saturated heterocycles. The lowest BCUT2D eigenvalue weighted by Crippen LogP contribution is -2.39. The summed E-state index contributed by atoms with van der Waals surface area (Å²) >= 11 is 0. The maximum Gasteiger partial charge on any atom is 0.352 e. The van der Waals surface area contributed by atoms with Crippen molar-refractivity contribution in [3.8, 4) is 5.69 Å². The molecule has 0 fully saturated rings. The van der Waals surface area contributed by atoms with E-state index in [1.807, 2.05) is 54.3 Å². The van der Waals surface area contributed by atoms with Gasteiger partial charge in [0.25, 0.3) is 0 Å². The van der Waals surface area contributed by atoms with E-state index < -0.39 is 0 Å². The Morgan fingerprint density at radius 2 is 1.90 bits per heavy atom. The fourth-order valence-electron chi connectivity index (χ4n) is 4.17. The van der Waals surface area contributed by atoms with E-state index in [1.165, 1.54) is 10.2 Å². The number of benzene rings is 2. The van der Waals surface area contributed by atoms with Crippen LogP contribution in [0.2, 0.25) is 0 Å². The molecular formula is C23H24N6O2. The molecule has 1 unspecified atom stereocenters. The van der Waals surface area contributed by atoms with Gasteiger partial charge >= 0.3 is 5.69 Å². The highest BCUT2D eigenvalue weighted by Gasteiger charge is 2.34. The van der Waals surface area contributed by atoms with Crippen molar-refractivity contribution < 1.29 is 4.79 Å². The largest absolute Gasteiger partial charge is 0.352 e.